The van der Waals surface area contributed by atoms with Crippen LogP contribution >= 0.6 is 11.6 Å². The van der Waals surface area contributed by atoms with Gasteiger partial charge in [0.2, 0.25) is 10.0 Å². The number of rotatable bonds is 4. The van der Waals surface area contributed by atoms with Gasteiger partial charge in [-0.2, -0.15) is 4.31 Å². The third-order valence-corrected chi connectivity index (χ3v) is 5.85. The fourth-order valence-corrected chi connectivity index (χ4v) is 4.12. The topological polar surface area (TPSA) is 93.7 Å². The quantitative estimate of drug-likeness (QED) is 0.850. The van der Waals surface area contributed by atoms with E-state index in [9.17, 15) is 18.3 Å². The van der Waals surface area contributed by atoms with Crippen molar-refractivity contribution in [2.24, 2.45) is 0 Å². The van der Waals surface area contributed by atoms with Crippen LogP contribution in [0.15, 0.2) is 24.4 Å². The van der Waals surface area contributed by atoms with E-state index in [4.69, 9.17) is 11.6 Å². The van der Waals surface area contributed by atoms with E-state index in [1.165, 1.54) is 10.6 Å². The molecule has 1 aromatic heterocycles. The predicted octanol–water partition coefficient (Wildman–Crippen LogP) is 1.52. The maximum absolute atomic E-state index is 11.9. The van der Waals surface area contributed by atoms with Crippen molar-refractivity contribution in [1.82, 2.24) is 14.2 Å². The van der Waals surface area contributed by atoms with Gasteiger partial charge < -0.3 is 10.1 Å². The third kappa shape index (κ3) is 3.27. The maximum Gasteiger partial charge on any atom is 0.325 e. The van der Waals surface area contributed by atoms with Gasteiger partial charge in [0.15, 0.2) is 0 Å². The van der Waals surface area contributed by atoms with Crippen LogP contribution in [0.5, 0.6) is 0 Å². The van der Waals surface area contributed by atoms with E-state index in [1.54, 1.807) is 23.2 Å². The molecule has 0 spiro atoms. The average Bonchev–Trinajstić information content (AvgIpc) is 2.90. The van der Waals surface area contributed by atoms with Crippen molar-refractivity contribution in [1.29, 1.82) is 0 Å². The summed E-state index contributed by atoms with van der Waals surface area (Å²) in [5.41, 5.74) is 1.45. The molecule has 1 atom stereocenters. The number of fused-ring (bicyclic) bond motifs is 1. The maximum atomic E-state index is 11.9. The molecule has 24 heavy (non-hydrogen) atoms. The number of benzene rings is 1. The number of halogens is 1. The van der Waals surface area contributed by atoms with Crippen LogP contribution < -0.4 is 0 Å². The molecule has 1 aliphatic rings. The first-order valence-electron chi connectivity index (χ1n) is 7.46. The van der Waals surface area contributed by atoms with Gasteiger partial charge >= 0.3 is 5.97 Å². The van der Waals surface area contributed by atoms with Crippen molar-refractivity contribution < 1.29 is 18.3 Å². The van der Waals surface area contributed by atoms with Gasteiger partial charge in [-0.15, -0.1) is 0 Å². The SMILES string of the molecule is CS(=O)(=O)N1CCN(C(C(=O)O)c2c[nH]c3ccc(Cl)cc23)CC1. The second-order valence-electron chi connectivity index (χ2n) is 5.87. The molecule has 9 heteroatoms. The number of nitrogens with zero attached hydrogens (tertiary/aromatic N) is 2. The van der Waals surface area contributed by atoms with E-state index < -0.39 is 22.0 Å². The minimum absolute atomic E-state index is 0.283. The van der Waals surface area contributed by atoms with Crippen molar-refractivity contribution in [2.75, 3.05) is 32.4 Å². The monoisotopic (exact) mass is 371 g/mol. The summed E-state index contributed by atoms with van der Waals surface area (Å²) in [5, 5.41) is 11.0. The predicted molar refractivity (Wildman–Crippen MR) is 91.7 cm³/mol. The first kappa shape index (κ1) is 17.2. The van der Waals surface area contributed by atoms with E-state index in [2.05, 4.69) is 4.98 Å². The average molecular weight is 372 g/mol. The van der Waals surface area contributed by atoms with Gasteiger partial charge in [-0.25, -0.2) is 8.42 Å². The molecule has 7 nitrogen and oxygen atoms in total. The zero-order valence-electron chi connectivity index (χ0n) is 13.1. The van der Waals surface area contributed by atoms with Gasteiger partial charge in [0, 0.05) is 53.9 Å². The fraction of sp³-hybridized carbons (Fsp3) is 0.400. The molecule has 0 amide bonds. The Morgan fingerprint density at radius 3 is 2.54 bits per heavy atom. The third-order valence-electron chi connectivity index (χ3n) is 4.31. The molecule has 130 valence electrons. The highest BCUT2D eigenvalue weighted by atomic mass is 35.5. The number of aliphatic carboxylic acids is 1. The van der Waals surface area contributed by atoms with Crippen LogP contribution in [0.1, 0.15) is 11.6 Å². The van der Waals surface area contributed by atoms with Gasteiger partial charge in [0.05, 0.1) is 6.26 Å². The normalized spacial score (nSPS) is 18.8. The smallest absolute Gasteiger partial charge is 0.325 e. The highest BCUT2D eigenvalue weighted by Crippen LogP contribution is 2.31. The summed E-state index contributed by atoms with van der Waals surface area (Å²) in [7, 11) is -3.25. The summed E-state index contributed by atoms with van der Waals surface area (Å²) in [6, 6.07) is 4.44. The molecule has 2 N–H and O–H groups in total. The number of carboxylic acid groups (broad SMARTS) is 1. The number of sulfonamides is 1. The molecule has 0 aliphatic carbocycles. The molecule has 1 saturated heterocycles. The summed E-state index contributed by atoms with van der Waals surface area (Å²) >= 11 is 6.04. The van der Waals surface area contributed by atoms with Crippen LogP contribution in [-0.4, -0.2) is 66.1 Å². The Balaban J connectivity index is 1.91. The number of carbonyl (C=O) groups is 1. The van der Waals surface area contributed by atoms with Crippen LogP contribution in [0, 0.1) is 0 Å². The van der Waals surface area contributed by atoms with E-state index in [0.29, 0.717) is 23.7 Å². The number of aromatic nitrogens is 1. The molecule has 0 bridgehead atoms. The van der Waals surface area contributed by atoms with Crippen LogP contribution in [0.4, 0.5) is 0 Å². The zero-order valence-corrected chi connectivity index (χ0v) is 14.6. The van der Waals surface area contributed by atoms with Crippen molar-refractivity contribution in [3.8, 4) is 0 Å². The summed E-state index contributed by atoms with van der Waals surface area (Å²) in [6.07, 6.45) is 2.85. The van der Waals surface area contributed by atoms with Gasteiger partial charge in [-0.1, -0.05) is 11.6 Å². The number of H-pyrrole nitrogens is 1. The second kappa shape index (κ2) is 6.36. The van der Waals surface area contributed by atoms with Crippen LogP contribution in [0.2, 0.25) is 5.02 Å². The highest BCUT2D eigenvalue weighted by Gasteiger charge is 2.33. The van der Waals surface area contributed by atoms with Crippen molar-refractivity contribution >= 4 is 38.5 Å². The Bertz CT molecular complexity index is 872. The van der Waals surface area contributed by atoms with Crippen molar-refractivity contribution in [2.45, 2.75) is 6.04 Å². The number of aromatic amines is 1. The molecule has 2 heterocycles. The Morgan fingerprint density at radius 2 is 1.96 bits per heavy atom. The van der Waals surface area contributed by atoms with Crippen molar-refractivity contribution in [3.63, 3.8) is 0 Å². The number of carboxylic acids is 1. The van der Waals surface area contributed by atoms with Crippen LogP contribution in [0.25, 0.3) is 10.9 Å². The lowest BCUT2D eigenvalue weighted by Crippen LogP contribution is -2.50. The molecular weight excluding hydrogens is 354 g/mol. The van der Waals surface area contributed by atoms with Gasteiger partial charge in [0.25, 0.3) is 0 Å². The van der Waals surface area contributed by atoms with E-state index in [1.807, 2.05) is 6.07 Å². The Labute approximate surface area is 144 Å². The molecule has 0 saturated carbocycles. The largest absolute Gasteiger partial charge is 0.480 e. The molecule has 2 aromatic rings. The summed E-state index contributed by atoms with van der Waals surface area (Å²) in [4.78, 5) is 16.7. The van der Waals surface area contributed by atoms with Gasteiger partial charge in [0.1, 0.15) is 6.04 Å². The second-order valence-corrected chi connectivity index (χ2v) is 8.29. The minimum atomic E-state index is -3.25. The van der Waals surface area contributed by atoms with E-state index in [0.717, 1.165) is 10.9 Å². The Hall–Kier alpha value is -1.61. The summed E-state index contributed by atoms with van der Waals surface area (Å²) in [5.74, 6) is -0.969. The highest BCUT2D eigenvalue weighted by molar-refractivity contribution is 7.88. The number of nitrogens with one attached hydrogen (secondary N) is 1. The number of piperazine rings is 1. The van der Waals surface area contributed by atoms with Gasteiger partial charge in [-0.05, 0) is 18.2 Å². The molecule has 3 rings (SSSR count). The van der Waals surface area contributed by atoms with E-state index in [-0.39, 0.29) is 13.1 Å². The minimum Gasteiger partial charge on any atom is -0.480 e. The fourth-order valence-electron chi connectivity index (χ4n) is 3.12. The van der Waals surface area contributed by atoms with Gasteiger partial charge in [-0.3, -0.25) is 9.69 Å². The molecule has 1 unspecified atom stereocenters. The lowest BCUT2D eigenvalue weighted by molar-refractivity contribution is -0.144. The molecule has 0 radical (unpaired) electrons. The van der Waals surface area contributed by atoms with E-state index >= 15 is 0 Å². The lowest BCUT2D eigenvalue weighted by Gasteiger charge is -2.36. The summed E-state index contributed by atoms with van der Waals surface area (Å²) in [6.45, 7) is 1.28. The zero-order chi connectivity index (χ0) is 17.5. The first-order valence-corrected chi connectivity index (χ1v) is 9.68. The van der Waals surface area contributed by atoms with Crippen molar-refractivity contribution in [3.05, 3.63) is 35.0 Å². The van der Waals surface area contributed by atoms with Crippen LogP contribution in [0.3, 0.4) is 0 Å². The summed E-state index contributed by atoms with van der Waals surface area (Å²) < 4.78 is 24.6. The Kier molecular flexibility index (Phi) is 4.56. The first-order chi connectivity index (χ1) is 11.3. The molecule has 1 aromatic carbocycles. The van der Waals surface area contributed by atoms with Crippen LogP contribution in [-0.2, 0) is 14.8 Å². The Morgan fingerprint density at radius 1 is 1.29 bits per heavy atom. The number of hydrogen-bond donors (Lipinski definition) is 2. The number of hydrogen-bond acceptors (Lipinski definition) is 4. The molecular formula is C15H18ClN3O4S. The molecule has 1 aliphatic heterocycles. The lowest BCUT2D eigenvalue weighted by atomic mass is 10.0. The standard InChI is InChI=1S/C15H18ClN3O4S/c1-24(22,23)19-6-4-18(5-7-19)14(15(20)21)12-9-17-13-3-2-10(16)8-11(12)13/h2-3,8-9,14,17H,4-7H2,1H3,(H,20,21). The molecule has 1 fully saturated rings.